The fourth-order valence-corrected chi connectivity index (χ4v) is 3.79. The topological polar surface area (TPSA) is 106 Å². The lowest BCUT2D eigenvalue weighted by Crippen LogP contribution is -2.25. The number of carbonyl (C=O) groups is 2. The summed E-state index contributed by atoms with van der Waals surface area (Å²) in [4.78, 5) is 24.9. The molecule has 8 heteroatoms. The van der Waals surface area contributed by atoms with Gasteiger partial charge in [-0.3, -0.25) is 4.79 Å². The first-order valence-electron chi connectivity index (χ1n) is 7.29. The van der Waals surface area contributed by atoms with Crippen molar-refractivity contribution in [1.82, 2.24) is 0 Å². The van der Waals surface area contributed by atoms with Gasteiger partial charge < -0.3 is 15.3 Å². The lowest BCUT2D eigenvalue weighted by Gasteiger charge is -2.06. The zero-order chi connectivity index (χ0) is 17.1. The number of amides is 1. The summed E-state index contributed by atoms with van der Waals surface area (Å²) in [5.41, 5.74) is 1.71. The quantitative estimate of drug-likeness (QED) is 0.515. The Kier molecular flexibility index (Phi) is 4.44. The number of anilines is 1. The van der Waals surface area contributed by atoms with Crippen LogP contribution in [0.3, 0.4) is 0 Å². The standard InChI is InChI=1S/C16H13N3O4S/c17-8-12-11-2-1-3-13(11)24-15(12)18-14(20)9-23-16(21)10-4-6-19(22)7-5-10/h4-7H,1-3,9H2,(H,18,20). The van der Waals surface area contributed by atoms with Crippen molar-refractivity contribution in [2.24, 2.45) is 0 Å². The minimum Gasteiger partial charge on any atom is -0.619 e. The maximum atomic E-state index is 12.0. The molecule has 0 radical (unpaired) electrons. The second-order valence-corrected chi connectivity index (χ2v) is 6.35. The van der Waals surface area contributed by atoms with E-state index in [4.69, 9.17) is 4.74 Å². The van der Waals surface area contributed by atoms with Gasteiger partial charge in [-0.1, -0.05) is 0 Å². The Labute approximate surface area is 141 Å². The zero-order valence-electron chi connectivity index (χ0n) is 12.6. The molecule has 122 valence electrons. The van der Waals surface area contributed by atoms with Crippen LogP contribution < -0.4 is 10.0 Å². The van der Waals surface area contributed by atoms with Crippen LogP contribution in [0.25, 0.3) is 0 Å². The number of nitrogens with one attached hydrogen (secondary N) is 1. The number of fused-ring (bicyclic) bond motifs is 1. The van der Waals surface area contributed by atoms with Gasteiger partial charge in [0.25, 0.3) is 5.91 Å². The number of hydrogen-bond donors (Lipinski definition) is 1. The Hall–Kier alpha value is -2.92. The number of rotatable bonds is 4. The largest absolute Gasteiger partial charge is 0.619 e. The number of hydrogen-bond acceptors (Lipinski definition) is 6. The molecule has 0 saturated heterocycles. The van der Waals surface area contributed by atoms with Crippen LogP contribution in [0.5, 0.6) is 0 Å². The van der Waals surface area contributed by atoms with Gasteiger partial charge in [0.15, 0.2) is 19.0 Å². The Bertz CT molecular complexity index is 836. The van der Waals surface area contributed by atoms with Crippen molar-refractivity contribution in [3.8, 4) is 6.07 Å². The Morgan fingerprint density at radius 3 is 2.83 bits per heavy atom. The number of pyridine rings is 1. The van der Waals surface area contributed by atoms with Crippen molar-refractivity contribution in [3.05, 3.63) is 51.3 Å². The van der Waals surface area contributed by atoms with Crippen LogP contribution >= 0.6 is 11.3 Å². The number of carbonyl (C=O) groups excluding carboxylic acids is 2. The van der Waals surface area contributed by atoms with Crippen molar-refractivity contribution in [2.75, 3.05) is 11.9 Å². The molecule has 0 spiro atoms. The fourth-order valence-electron chi connectivity index (χ4n) is 2.54. The highest BCUT2D eigenvalue weighted by Crippen LogP contribution is 2.38. The molecule has 2 aromatic heterocycles. The van der Waals surface area contributed by atoms with Gasteiger partial charge in [0.05, 0.1) is 11.1 Å². The van der Waals surface area contributed by atoms with Crippen molar-refractivity contribution >= 4 is 28.2 Å². The van der Waals surface area contributed by atoms with Crippen LogP contribution in [0.15, 0.2) is 24.5 Å². The van der Waals surface area contributed by atoms with E-state index in [1.54, 1.807) is 0 Å². The van der Waals surface area contributed by atoms with E-state index < -0.39 is 18.5 Å². The van der Waals surface area contributed by atoms with Crippen molar-refractivity contribution < 1.29 is 19.1 Å². The molecule has 0 aliphatic heterocycles. The average molecular weight is 343 g/mol. The second-order valence-electron chi connectivity index (χ2n) is 5.24. The lowest BCUT2D eigenvalue weighted by atomic mass is 10.1. The number of ether oxygens (including phenoxy) is 1. The summed E-state index contributed by atoms with van der Waals surface area (Å²) >= 11 is 1.40. The van der Waals surface area contributed by atoms with Crippen molar-refractivity contribution in [3.63, 3.8) is 0 Å². The van der Waals surface area contributed by atoms with Crippen LogP contribution in [0, 0.1) is 16.5 Å². The summed E-state index contributed by atoms with van der Waals surface area (Å²) in [6.45, 7) is -0.460. The molecule has 0 atom stereocenters. The maximum absolute atomic E-state index is 12.0. The summed E-state index contributed by atoms with van der Waals surface area (Å²) in [6.07, 6.45) is 5.15. The molecular formula is C16H13N3O4S. The van der Waals surface area contributed by atoms with E-state index in [-0.39, 0.29) is 5.56 Å². The molecule has 1 aliphatic carbocycles. The second kappa shape index (κ2) is 6.68. The zero-order valence-corrected chi connectivity index (χ0v) is 13.4. The normalized spacial score (nSPS) is 12.3. The third-order valence-corrected chi connectivity index (χ3v) is 4.87. The first kappa shape index (κ1) is 16.0. The first-order chi connectivity index (χ1) is 11.6. The Morgan fingerprint density at radius 1 is 1.38 bits per heavy atom. The number of aromatic nitrogens is 1. The van der Waals surface area contributed by atoms with Crippen LogP contribution in [0.4, 0.5) is 5.00 Å². The number of nitrogens with zero attached hydrogens (tertiary/aromatic N) is 2. The van der Waals surface area contributed by atoms with Gasteiger partial charge in [0.2, 0.25) is 0 Å². The van der Waals surface area contributed by atoms with Gasteiger partial charge >= 0.3 is 5.97 Å². The van der Waals surface area contributed by atoms with Crippen LogP contribution in [0.2, 0.25) is 0 Å². The SMILES string of the molecule is N#Cc1c(NC(=O)COC(=O)c2cc[n+]([O-])cc2)sc2c1CCC2. The average Bonchev–Trinajstić information content (AvgIpc) is 3.13. The minimum atomic E-state index is -0.695. The first-order valence-corrected chi connectivity index (χ1v) is 8.10. The van der Waals surface area contributed by atoms with E-state index in [1.807, 2.05) is 0 Å². The number of thiophene rings is 1. The van der Waals surface area contributed by atoms with E-state index in [0.29, 0.717) is 15.3 Å². The molecule has 2 aromatic rings. The van der Waals surface area contributed by atoms with Crippen molar-refractivity contribution in [1.29, 1.82) is 5.26 Å². The van der Waals surface area contributed by atoms with Gasteiger partial charge in [-0.05, 0) is 24.8 Å². The van der Waals surface area contributed by atoms with E-state index in [2.05, 4.69) is 11.4 Å². The Balaban J connectivity index is 1.59. The molecule has 3 rings (SSSR count). The number of aryl methyl sites for hydroxylation is 1. The van der Waals surface area contributed by atoms with Crippen LogP contribution in [-0.4, -0.2) is 18.5 Å². The molecule has 1 N–H and O–H groups in total. The predicted octanol–water partition coefficient (Wildman–Crippen LogP) is 1.54. The third-order valence-electron chi connectivity index (χ3n) is 3.66. The van der Waals surface area contributed by atoms with Gasteiger partial charge in [-0.15, -0.1) is 11.3 Å². The van der Waals surface area contributed by atoms with Gasteiger partial charge in [-0.25, -0.2) is 4.79 Å². The highest BCUT2D eigenvalue weighted by Gasteiger charge is 2.23. The van der Waals surface area contributed by atoms with E-state index >= 15 is 0 Å². The van der Waals surface area contributed by atoms with Crippen LogP contribution in [-0.2, 0) is 22.4 Å². The Morgan fingerprint density at radius 2 is 2.12 bits per heavy atom. The predicted molar refractivity (Wildman–Crippen MR) is 85.4 cm³/mol. The van der Waals surface area contributed by atoms with E-state index in [9.17, 15) is 20.1 Å². The molecule has 7 nitrogen and oxygen atoms in total. The minimum absolute atomic E-state index is 0.183. The smallest absolute Gasteiger partial charge is 0.339 e. The summed E-state index contributed by atoms with van der Waals surface area (Å²) in [6, 6.07) is 4.75. The monoisotopic (exact) mass is 343 g/mol. The molecule has 24 heavy (non-hydrogen) atoms. The van der Waals surface area contributed by atoms with Gasteiger partial charge in [-0.2, -0.15) is 9.99 Å². The molecule has 0 unspecified atom stereocenters. The molecule has 0 bridgehead atoms. The lowest BCUT2D eigenvalue weighted by molar-refractivity contribution is -0.605. The maximum Gasteiger partial charge on any atom is 0.339 e. The summed E-state index contributed by atoms with van der Waals surface area (Å²) < 4.78 is 5.46. The molecular weight excluding hydrogens is 330 g/mol. The van der Waals surface area contributed by atoms with Gasteiger partial charge in [0.1, 0.15) is 11.1 Å². The molecule has 0 aromatic carbocycles. The van der Waals surface area contributed by atoms with Gasteiger partial charge in [0, 0.05) is 17.0 Å². The fraction of sp³-hybridized carbons (Fsp3) is 0.250. The molecule has 0 saturated carbocycles. The molecule has 1 amide bonds. The number of nitriles is 1. The summed E-state index contributed by atoms with van der Waals surface area (Å²) in [7, 11) is 0. The van der Waals surface area contributed by atoms with E-state index in [0.717, 1.165) is 29.7 Å². The van der Waals surface area contributed by atoms with E-state index in [1.165, 1.54) is 35.9 Å². The highest BCUT2D eigenvalue weighted by atomic mass is 32.1. The molecule has 2 heterocycles. The van der Waals surface area contributed by atoms with Crippen molar-refractivity contribution in [2.45, 2.75) is 19.3 Å². The van der Waals surface area contributed by atoms with Crippen LogP contribution in [0.1, 0.15) is 32.8 Å². The summed E-state index contributed by atoms with van der Waals surface area (Å²) in [5.74, 6) is -1.20. The highest BCUT2D eigenvalue weighted by molar-refractivity contribution is 7.16. The molecule has 0 fully saturated rings. The number of esters is 1. The summed E-state index contributed by atoms with van der Waals surface area (Å²) in [5, 5.41) is 23.3. The third kappa shape index (κ3) is 3.21. The molecule has 1 aliphatic rings.